The van der Waals surface area contributed by atoms with E-state index in [4.69, 9.17) is 14.2 Å². The van der Waals surface area contributed by atoms with E-state index < -0.39 is 69.6 Å². The summed E-state index contributed by atoms with van der Waals surface area (Å²) in [5.74, 6) is -2.43. The molecule has 0 bridgehead atoms. The third kappa shape index (κ3) is 4.12. The van der Waals surface area contributed by atoms with Crippen LogP contribution < -0.4 is 0 Å². The van der Waals surface area contributed by atoms with Crippen LogP contribution >= 0.6 is 0 Å². The molecule has 2 aliphatic carbocycles. The zero-order valence-electron chi connectivity index (χ0n) is 22.9. The van der Waals surface area contributed by atoms with Crippen molar-refractivity contribution >= 4 is 17.7 Å². The van der Waals surface area contributed by atoms with E-state index in [-0.39, 0.29) is 12.8 Å². The summed E-state index contributed by atoms with van der Waals surface area (Å²) >= 11 is 0. The fourth-order valence-corrected chi connectivity index (χ4v) is 7.27. The molecule has 0 aromatic heterocycles. The fourth-order valence-electron chi connectivity index (χ4n) is 7.27. The summed E-state index contributed by atoms with van der Waals surface area (Å²) in [6, 6.07) is 0. The van der Waals surface area contributed by atoms with Gasteiger partial charge in [0.25, 0.3) is 0 Å². The van der Waals surface area contributed by atoms with Crippen molar-refractivity contribution in [2.24, 2.45) is 16.7 Å². The first-order chi connectivity index (χ1) is 16.4. The van der Waals surface area contributed by atoms with E-state index >= 15 is 0 Å². The Kier molecular flexibility index (Phi) is 7.34. The Morgan fingerprint density at radius 3 is 2.33 bits per heavy atom. The predicted molar refractivity (Wildman–Crippen MR) is 132 cm³/mol. The van der Waals surface area contributed by atoms with E-state index in [2.05, 4.69) is 6.58 Å². The van der Waals surface area contributed by atoms with E-state index in [0.29, 0.717) is 19.4 Å². The Labute approximate surface area is 214 Å². The van der Waals surface area contributed by atoms with Gasteiger partial charge in [-0.05, 0) is 46.2 Å². The van der Waals surface area contributed by atoms with Gasteiger partial charge in [0.2, 0.25) is 0 Å². The molecular formula is C27H43NO8. The molecule has 3 rings (SSSR count). The molecule has 8 atom stereocenters. The first kappa shape index (κ1) is 28.8. The Bertz CT molecular complexity index is 933. The van der Waals surface area contributed by atoms with Gasteiger partial charge in [-0.15, -0.1) is 6.58 Å². The smallest absolute Gasteiger partial charge is 0.307 e. The van der Waals surface area contributed by atoms with Crippen molar-refractivity contribution in [3.8, 4) is 0 Å². The predicted octanol–water partition coefficient (Wildman–Crippen LogP) is 2.02. The molecule has 1 saturated heterocycles. The van der Waals surface area contributed by atoms with Gasteiger partial charge in [0.1, 0.15) is 11.7 Å². The van der Waals surface area contributed by atoms with Crippen LogP contribution in [0.15, 0.2) is 12.7 Å². The van der Waals surface area contributed by atoms with Crippen molar-refractivity contribution in [2.75, 3.05) is 20.6 Å². The van der Waals surface area contributed by atoms with Crippen molar-refractivity contribution in [2.45, 2.75) is 102 Å². The maximum atomic E-state index is 13.9. The van der Waals surface area contributed by atoms with Crippen LogP contribution in [0.2, 0.25) is 0 Å². The molecule has 0 radical (unpaired) electrons. The zero-order chi connectivity index (χ0) is 27.5. The maximum absolute atomic E-state index is 13.9. The molecule has 1 aliphatic heterocycles. The van der Waals surface area contributed by atoms with Crippen LogP contribution in [0.3, 0.4) is 0 Å². The fraction of sp³-hybridized carbons (Fsp3) is 0.815. The highest BCUT2D eigenvalue weighted by Gasteiger charge is 2.82. The molecule has 4 unspecified atom stereocenters. The molecule has 2 saturated carbocycles. The van der Waals surface area contributed by atoms with Crippen molar-refractivity contribution in [1.82, 2.24) is 4.90 Å². The van der Waals surface area contributed by atoms with Crippen molar-refractivity contribution < 1.29 is 38.8 Å². The number of rotatable bonds is 6. The molecule has 1 heterocycles. The van der Waals surface area contributed by atoms with E-state index in [1.807, 2.05) is 32.8 Å². The van der Waals surface area contributed by atoms with Crippen molar-refractivity contribution in [3.05, 3.63) is 12.7 Å². The molecule has 3 aliphatic rings. The van der Waals surface area contributed by atoms with E-state index in [1.165, 1.54) is 19.9 Å². The number of Topliss-reactive ketones (excluding diaryl/α,β-unsaturated/α-hetero) is 1. The van der Waals surface area contributed by atoms with Gasteiger partial charge in [-0.2, -0.15) is 0 Å². The number of hydrogen-bond acceptors (Lipinski definition) is 9. The summed E-state index contributed by atoms with van der Waals surface area (Å²) in [4.78, 5) is 41.3. The topological polar surface area (TPSA) is 123 Å². The number of ketones is 1. The molecule has 3 fully saturated rings. The lowest BCUT2D eigenvalue weighted by Crippen LogP contribution is -2.87. The van der Waals surface area contributed by atoms with E-state index in [9.17, 15) is 24.6 Å². The Balaban J connectivity index is 2.29. The minimum Gasteiger partial charge on any atom is -0.458 e. The summed E-state index contributed by atoms with van der Waals surface area (Å²) in [6.07, 6.45) is -1.19. The molecule has 204 valence electrons. The minimum atomic E-state index is -2.24. The highest BCUT2D eigenvalue weighted by molar-refractivity contribution is 5.92. The van der Waals surface area contributed by atoms with Crippen LogP contribution in [0.4, 0.5) is 0 Å². The second-order valence-corrected chi connectivity index (χ2v) is 12.4. The SMILES string of the molecule is C=C[C@@]1(C)CC(=O)[C@]2(O)[C@@]3(C)C(O)CCC(C)(C)C3C(OC(=O)CCN(C)C)C(OC(C)=O)[C@@]2(C)O1. The normalized spacial score (nSPS) is 43.8. The molecule has 0 amide bonds. The number of nitrogens with zero attached hydrogens (tertiary/aromatic N) is 1. The molecular weight excluding hydrogens is 466 g/mol. The number of carbonyl (C=O) groups is 3. The summed E-state index contributed by atoms with van der Waals surface area (Å²) in [5.41, 5.74) is -7.31. The third-order valence-corrected chi connectivity index (χ3v) is 9.03. The molecule has 9 nitrogen and oxygen atoms in total. The highest BCUT2D eigenvalue weighted by Crippen LogP contribution is 2.67. The molecule has 0 spiro atoms. The summed E-state index contributed by atoms with van der Waals surface area (Å²) in [7, 11) is 3.68. The van der Waals surface area contributed by atoms with Gasteiger partial charge in [-0.25, -0.2) is 0 Å². The van der Waals surface area contributed by atoms with Crippen molar-refractivity contribution in [3.63, 3.8) is 0 Å². The lowest BCUT2D eigenvalue weighted by Gasteiger charge is -2.71. The first-order valence-corrected chi connectivity index (χ1v) is 12.7. The third-order valence-electron chi connectivity index (χ3n) is 9.03. The number of aliphatic hydroxyl groups excluding tert-OH is 1. The van der Waals surface area contributed by atoms with Gasteiger partial charge in [0.05, 0.1) is 18.1 Å². The lowest BCUT2D eigenvalue weighted by molar-refractivity contribution is -0.371. The second kappa shape index (κ2) is 9.19. The van der Waals surface area contributed by atoms with Crippen LogP contribution in [-0.4, -0.2) is 88.6 Å². The number of esters is 2. The van der Waals surface area contributed by atoms with E-state index in [1.54, 1.807) is 13.8 Å². The largest absolute Gasteiger partial charge is 0.458 e. The van der Waals surface area contributed by atoms with Gasteiger partial charge in [-0.3, -0.25) is 14.4 Å². The molecule has 36 heavy (non-hydrogen) atoms. The van der Waals surface area contributed by atoms with Crippen LogP contribution in [0.5, 0.6) is 0 Å². The number of carbonyl (C=O) groups excluding carboxylic acids is 3. The monoisotopic (exact) mass is 509 g/mol. The Morgan fingerprint density at radius 2 is 1.81 bits per heavy atom. The van der Waals surface area contributed by atoms with Gasteiger partial charge < -0.3 is 29.3 Å². The van der Waals surface area contributed by atoms with Crippen LogP contribution in [0.1, 0.15) is 67.2 Å². The highest BCUT2D eigenvalue weighted by atomic mass is 16.6. The van der Waals surface area contributed by atoms with E-state index in [0.717, 1.165) is 0 Å². The number of fused-ring (bicyclic) bond motifs is 3. The van der Waals surface area contributed by atoms with Crippen molar-refractivity contribution in [1.29, 1.82) is 0 Å². The second-order valence-electron chi connectivity index (χ2n) is 12.4. The summed E-state index contributed by atoms with van der Waals surface area (Å²) in [6.45, 7) is 14.2. The molecule has 0 aromatic carbocycles. The minimum absolute atomic E-state index is 0.0911. The maximum Gasteiger partial charge on any atom is 0.307 e. The quantitative estimate of drug-likeness (QED) is 0.409. The average Bonchev–Trinajstić information content (AvgIpc) is 2.75. The zero-order valence-corrected chi connectivity index (χ0v) is 22.9. The lowest BCUT2D eigenvalue weighted by atomic mass is 9.39. The number of aliphatic hydroxyl groups is 2. The summed E-state index contributed by atoms with van der Waals surface area (Å²) < 4.78 is 18.4. The van der Waals surface area contributed by atoms with Crippen LogP contribution in [-0.2, 0) is 28.6 Å². The Morgan fingerprint density at radius 1 is 1.19 bits per heavy atom. The summed E-state index contributed by atoms with van der Waals surface area (Å²) in [5, 5.41) is 24.0. The van der Waals surface area contributed by atoms with Crippen LogP contribution in [0, 0.1) is 16.7 Å². The Hall–Kier alpha value is -1.81. The van der Waals surface area contributed by atoms with Gasteiger partial charge in [-0.1, -0.05) is 26.8 Å². The van der Waals surface area contributed by atoms with Gasteiger partial charge in [0, 0.05) is 31.2 Å². The van der Waals surface area contributed by atoms with Gasteiger partial charge in [0.15, 0.2) is 17.5 Å². The molecule has 2 N–H and O–H groups in total. The first-order valence-electron chi connectivity index (χ1n) is 12.7. The average molecular weight is 510 g/mol. The standard InChI is InChI=1S/C27H43NO8/c1-10-24(5)15-18(31)27(33)25(6)17(30)11-13-23(3,4)21(25)20(35-19(32)12-14-28(8)9)22(34-16(2)29)26(27,7)36-24/h10,17,20-22,30,33H,1,11-15H2,2-9H3/t17?,20?,21?,22?,24-,25-,26+,27-/m0/s1. The molecule has 0 aromatic rings. The molecule has 9 heteroatoms. The number of ether oxygens (including phenoxy) is 3. The number of hydrogen-bond donors (Lipinski definition) is 2. The van der Waals surface area contributed by atoms with Crippen LogP contribution in [0.25, 0.3) is 0 Å². The van der Waals surface area contributed by atoms with Gasteiger partial charge >= 0.3 is 11.9 Å².